The topological polar surface area (TPSA) is 12.5 Å². The van der Waals surface area contributed by atoms with Gasteiger partial charge in [0.1, 0.15) is 0 Å². The van der Waals surface area contributed by atoms with Crippen molar-refractivity contribution in [3.05, 3.63) is 0 Å². The SMILES string of the molecule is FC(F)(F)C1(OCCN2CCCC2=S)CCCC1. The molecule has 0 unspecified atom stereocenters. The van der Waals surface area contributed by atoms with Crippen LogP contribution in [0.1, 0.15) is 38.5 Å². The van der Waals surface area contributed by atoms with Crippen molar-refractivity contribution in [3.63, 3.8) is 0 Å². The maximum absolute atomic E-state index is 13.0. The molecule has 6 heteroatoms. The van der Waals surface area contributed by atoms with Gasteiger partial charge in [0.15, 0.2) is 5.60 Å². The standard InChI is InChI=1S/C12H18F3NOS/c13-12(14,15)11(5-1-2-6-11)17-9-8-16-7-3-4-10(16)18/h1-9H2. The molecular weight excluding hydrogens is 263 g/mol. The molecule has 1 heterocycles. The van der Waals surface area contributed by atoms with Gasteiger partial charge in [-0.15, -0.1) is 0 Å². The maximum Gasteiger partial charge on any atom is 0.417 e. The van der Waals surface area contributed by atoms with Crippen LogP contribution in [0.25, 0.3) is 0 Å². The van der Waals surface area contributed by atoms with Gasteiger partial charge >= 0.3 is 6.18 Å². The van der Waals surface area contributed by atoms with Gasteiger partial charge < -0.3 is 9.64 Å². The van der Waals surface area contributed by atoms with Crippen LogP contribution in [0.2, 0.25) is 0 Å². The molecule has 1 aliphatic carbocycles. The normalized spacial score (nSPS) is 23.9. The molecule has 0 amide bonds. The third-order valence-corrected chi connectivity index (χ3v) is 4.30. The fourth-order valence-electron chi connectivity index (χ4n) is 2.75. The molecule has 2 nitrogen and oxygen atoms in total. The Morgan fingerprint density at radius 2 is 1.89 bits per heavy atom. The Hall–Kier alpha value is -0.360. The van der Waals surface area contributed by atoms with Gasteiger partial charge in [-0.2, -0.15) is 13.2 Å². The van der Waals surface area contributed by atoms with Gasteiger partial charge in [0.2, 0.25) is 0 Å². The van der Waals surface area contributed by atoms with Crippen molar-refractivity contribution in [2.24, 2.45) is 0 Å². The highest BCUT2D eigenvalue weighted by molar-refractivity contribution is 7.80. The maximum atomic E-state index is 13.0. The monoisotopic (exact) mass is 281 g/mol. The van der Waals surface area contributed by atoms with E-state index in [-0.39, 0.29) is 19.4 Å². The van der Waals surface area contributed by atoms with Gasteiger partial charge in [-0.3, -0.25) is 0 Å². The molecule has 1 saturated carbocycles. The van der Waals surface area contributed by atoms with E-state index >= 15 is 0 Å². The average Bonchev–Trinajstić information content (AvgIpc) is 2.88. The fourth-order valence-corrected chi connectivity index (χ4v) is 3.07. The smallest absolute Gasteiger partial charge is 0.364 e. The largest absolute Gasteiger partial charge is 0.417 e. The molecule has 0 aromatic heterocycles. The van der Waals surface area contributed by atoms with E-state index in [1.54, 1.807) is 0 Å². The molecular formula is C12H18F3NOS. The first-order valence-corrected chi connectivity index (χ1v) is 6.84. The third kappa shape index (κ3) is 2.79. The first-order valence-electron chi connectivity index (χ1n) is 6.43. The Labute approximate surface area is 110 Å². The zero-order valence-corrected chi connectivity index (χ0v) is 11.1. The molecule has 0 N–H and O–H groups in total. The van der Waals surface area contributed by atoms with Crippen molar-refractivity contribution in [2.75, 3.05) is 19.7 Å². The van der Waals surface area contributed by atoms with Crippen LogP contribution in [-0.2, 0) is 4.74 Å². The highest BCUT2D eigenvalue weighted by Crippen LogP contribution is 2.45. The summed E-state index contributed by atoms with van der Waals surface area (Å²) in [6.07, 6.45) is -0.983. The predicted molar refractivity (Wildman–Crippen MR) is 66.6 cm³/mol. The molecule has 18 heavy (non-hydrogen) atoms. The lowest BCUT2D eigenvalue weighted by atomic mass is 10.0. The van der Waals surface area contributed by atoms with Crippen molar-refractivity contribution >= 4 is 17.2 Å². The Bertz CT molecular complexity index is 313. The minimum atomic E-state index is -4.25. The number of halogens is 3. The van der Waals surface area contributed by atoms with Crippen molar-refractivity contribution < 1.29 is 17.9 Å². The summed E-state index contributed by atoms with van der Waals surface area (Å²) >= 11 is 5.14. The van der Waals surface area contributed by atoms with E-state index in [1.807, 2.05) is 4.90 Å². The van der Waals surface area contributed by atoms with Crippen molar-refractivity contribution in [1.29, 1.82) is 0 Å². The lowest BCUT2D eigenvalue weighted by Gasteiger charge is -2.32. The molecule has 0 bridgehead atoms. The zero-order valence-electron chi connectivity index (χ0n) is 10.3. The Morgan fingerprint density at radius 3 is 2.39 bits per heavy atom. The summed E-state index contributed by atoms with van der Waals surface area (Å²) in [5, 5.41) is 0. The van der Waals surface area contributed by atoms with Crippen LogP contribution in [-0.4, -0.2) is 41.4 Å². The third-order valence-electron chi connectivity index (χ3n) is 3.84. The average molecular weight is 281 g/mol. The van der Waals surface area contributed by atoms with Crippen LogP contribution in [0.15, 0.2) is 0 Å². The minimum Gasteiger partial charge on any atom is -0.364 e. The quantitative estimate of drug-likeness (QED) is 0.734. The lowest BCUT2D eigenvalue weighted by Crippen LogP contribution is -2.46. The molecule has 104 valence electrons. The second kappa shape index (κ2) is 5.33. The van der Waals surface area contributed by atoms with Crippen LogP contribution in [0.3, 0.4) is 0 Å². The van der Waals surface area contributed by atoms with E-state index < -0.39 is 11.8 Å². The van der Waals surface area contributed by atoms with Crippen molar-refractivity contribution in [2.45, 2.75) is 50.3 Å². The van der Waals surface area contributed by atoms with Crippen molar-refractivity contribution in [1.82, 2.24) is 4.90 Å². The van der Waals surface area contributed by atoms with Crippen LogP contribution >= 0.6 is 12.2 Å². The van der Waals surface area contributed by atoms with Crippen molar-refractivity contribution in [3.8, 4) is 0 Å². The van der Waals surface area contributed by atoms with Gasteiger partial charge in [-0.25, -0.2) is 0 Å². The molecule has 1 saturated heterocycles. The minimum absolute atomic E-state index is 0.0982. The Kier molecular flexibility index (Phi) is 4.16. The zero-order chi connectivity index (χ0) is 13.2. The van der Waals surface area contributed by atoms with Crippen LogP contribution in [0, 0.1) is 0 Å². The van der Waals surface area contributed by atoms with E-state index in [4.69, 9.17) is 17.0 Å². The van der Waals surface area contributed by atoms with Crippen LogP contribution in [0.5, 0.6) is 0 Å². The summed E-state index contributed by atoms with van der Waals surface area (Å²) in [6.45, 7) is 1.44. The molecule has 2 fully saturated rings. The molecule has 0 spiro atoms. The van der Waals surface area contributed by atoms with Crippen LogP contribution in [0.4, 0.5) is 13.2 Å². The number of rotatable bonds is 4. The molecule has 0 radical (unpaired) electrons. The summed E-state index contributed by atoms with van der Waals surface area (Å²) < 4.78 is 44.3. The fraction of sp³-hybridized carbons (Fsp3) is 0.917. The summed E-state index contributed by atoms with van der Waals surface area (Å²) in [5.41, 5.74) is -1.89. The molecule has 2 rings (SSSR count). The Morgan fingerprint density at radius 1 is 1.22 bits per heavy atom. The molecule has 0 aromatic carbocycles. The summed E-state index contributed by atoms with van der Waals surface area (Å²) in [6, 6.07) is 0. The van der Waals surface area contributed by atoms with Gasteiger partial charge in [0.25, 0.3) is 0 Å². The highest BCUT2D eigenvalue weighted by Gasteiger charge is 2.57. The number of ether oxygens (including phenoxy) is 1. The predicted octanol–water partition coefficient (Wildman–Crippen LogP) is 3.30. The van der Waals surface area contributed by atoms with E-state index in [0.717, 1.165) is 24.4 Å². The number of nitrogens with zero attached hydrogens (tertiary/aromatic N) is 1. The highest BCUT2D eigenvalue weighted by atomic mass is 32.1. The second-order valence-corrected chi connectivity index (χ2v) is 5.50. The first-order chi connectivity index (χ1) is 8.45. The number of hydrogen-bond donors (Lipinski definition) is 0. The van der Waals surface area contributed by atoms with E-state index in [0.29, 0.717) is 19.4 Å². The summed E-state index contributed by atoms with van der Waals surface area (Å²) in [4.78, 5) is 2.81. The lowest BCUT2D eigenvalue weighted by molar-refractivity contribution is -0.275. The van der Waals surface area contributed by atoms with E-state index in [9.17, 15) is 13.2 Å². The second-order valence-electron chi connectivity index (χ2n) is 5.03. The van der Waals surface area contributed by atoms with E-state index in [2.05, 4.69) is 0 Å². The molecule has 0 aromatic rings. The number of likely N-dealkylation sites (tertiary alicyclic amines) is 1. The first kappa shape index (κ1) is 14.1. The Balaban J connectivity index is 1.85. The number of thiocarbonyl (C=S) groups is 1. The van der Waals surface area contributed by atoms with Crippen LogP contribution < -0.4 is 0 Å². The molecule has 0 atom stereocenters. The molecule has 1 aliphatic heterocycles. The number of hydrogen-bond acceptors (Lipinski definition) is 2. The van der Waals surface area contributed by atoms with E-state index in [1.165, 1.54) is 0 Å². The van der Waals surface area contributed by atoms with Gasteiger partial charge in [-0.05, 0) is 25.7 Å². The van der Waals surface area contributed by atoms with Gasteiger partial charge in [0.05, 0.1) is 11.6 Å². The summed E-state index contributed by atoms with van der Waals surface area (Å²) in [5.74, 6) is 0. The van der Waals surface area contributed by atoms with Gasteiger partial charge in [0, 0.05) is 13.1 Å². The number of alkyl halides is 3. The molecule has 2 aliphatic rings. The summed E-state index contributed by atoms with van der Waals surface area (Å²) in [7, 11) is 0. The van der Waals surface area contributed by atoms with Gasteiger partial charge in [-0.1, -0.05) is 25.1 Å².